The average Bonchev–Trinajstić information content (AvgIpc) is 3.78. The van der Waals surface area contributed by atoms with Crippen molar-refractivity contribution in [1.29, 1.82) is 0 Å². The van der Waals surface area contributed by atoms with E-state index in [0.29, 0.717) is 0 Å². The lowest BCUT2D eigenvalue weighted by Gasteiger charge is -2.39. The predicted molar refractivity (Wildman–Crippen MR) is 332 cm³/mol. The van der Waals surface area contributed by atoms with E-state index in [1.807, 2.05) is 0 Å². The van der Waals surface area contributed by atoms with E-state index in [2.05, 4.69) is 313 Å². The molecule has 0 saturated carbocycles. The molecule has 3 aliphatic rings. The Hall–Kier alpha value is -10.3. The van der Waals surface area contributed by atoms with Gasteiger partial charge in [-0.05, 0) is 149 Å². The highest BCUT2D eigenvalue weighted by Gasteiger charge is 2.51. The van der Waals surface area contributed by atoms with Crippen molar-refractivity contribution in [3.8, 4) is 50.2 Å². The number of anilines is 3. The fourth-order valence-corrected chi connectivity index (χ4v) is 14.8. The summed E-state index contributed by atoms with van der Waals surface area (Å²) in [6.07, 6.45) is 0. The minimum Gasteiger partial charge on any atom is -0.310 e. The first kappa shape index (κ1) is 44.8. The highest BCUT2D eigenvalue weighted by atomic mass is 15.1. The molecule has 2 heteroatoms. The monoisotopic (exact) mass is 1010 g/mol. The van der Waals surface area contributed by atoms with E-state index in [9.17, 15) is 0 Å². The Labute approximate surface area is 465 Å². The molecule has 1 aromatic heterocycles. The first-order valence-electron chi connectivity index (χ1n) is 27.9. The molecule has 0 radical (unpaired) electrons. The van der Waals surface area contributed by atoms with Crippen LogP contribution in [0.5, 0.6) is 0 Å². The van der Waals surface area contributed by atoms with Gasteiger partial charge in [-0.2, -0.15) is 0 Å². The van der Waals surface area contributed by atoms with Crippen molar-refractivity contribution in [2.24, 2.45) is 0 Å². The van der Waals surface area contributed by atoms with Crippen molar-refractivity contribution < 1.29 is 0 Å². The molecule has 372 valence electrons. The molecular weight excluding hydrogens is 965 g/mol. The van der Waals surface area contributed by atoms with E-state index < -0.39 is 10.8 Å². The number of fused-ring (bicyclic) bond motifs is 16. The van der Waals surface area contributed by atoms with Crippen LogP contribution in [0.3, 0.4) is 0 Å². The molecule has 1 unspecified atom stereocenters. The Kier molecular flexibility index (Phi) is 9.58. The summed E-state index contributed by atoms with van der Waals surface area (Å²) < 4.78 is 2.52. The molecule has 13 aromatic carbocycles. The zero-order chi connectivity index (χ0) is 52.5. The van der Waals surface area contributed by atoms with E-state index >= 15 is 0 Å². The minimum atomic E-state index is -0.527. The van der Waals surface area contributed by atoms with E-state index in [-0.39, 0.29) is 0 Å². The number of hydrogen-bond donors (Lipinski definition) is 0. The molecular formula is C78H50N2. The molecule has 2 nitrogen and oxygen atoms in total. The minimum absolute atomic E-state index is 0.517. The zero-order valence-corrected chi connectivity index (χ0v) is 43.8. The molecule has 0 saturated heterocycles. The third kappa shape index (κ3) is 6.08. The fraction of sp³-hybridized carbons (Fsp3) is 0.0256. The van der Waals surface area contributed by atoms with Crippen LogP contribution in [-0.2, 0) is 10.8 Å². The van der Waals surface area contributed by atoms with Gasteiger partial charge in [-0.25, -0.2) is 0 Å². The van der Waals surface area contributed by atoms with E-state index in [4.69, 9.17) is 0 Å². The summed E-state index contributed by atoms with van der Waals surface area (Å²) in [6, 6.07) is 114. The second kappa shape index (κ2) is 17.1. The van der Waals surface area contributed by atoms with Gasteiger partial charge < -0.3 is 9.47 Å². The molecule has 17 rings (SSSR count). The summed E-state index contributed by atoms with van der Waals surface area (Å²) in [5.74, 6) is 0. The Morgan fingerprint density at radius 1 is 0.287 bits per heavy atom. The maximum absolute atomic E-state index is 2.52. The molecule has 0 fully saturated rings. The van der Waals surface area contributed by atoms with Gasteiger partial charge in [0, 0.05) is 27.7 Å². The summed E-state index contributed by atoms with van der Waals surface area (Å²) in [6.45, 7) is 0. The Bertz CT molecular complexity index is 4780. The predicted octanol–water partition coefficient (Wildman–Crippen LogP) is 19.8. The third-order valence-corrected chi connectivity index (χ3v) is 18.0. The Morgan fingerprint density at radius 2 is 0.812 bits per heavy atom. The number of nitrogens with zero attached hydrogens (tertiary/aromatic N) is 2. The van der Waals surface area contributed by atoms with E-state index in [0.717, 1.165) is 17.1 Å². The number of hydrogen-bond acceptors (Lipinski definition) is 1. The summed E-state index contributed by atoms with van der Waals surface area (Å²) in [5, 5.41) is 4.95. The first-order valence-corrected chi connectivity index (χ1v) is 27.9. The van der Waals surface area contributed by atoms with Crippen LogP contribution in [0.4, 0.5) is 17.1 Å². The van der Waals surface area contributed by atoms with Crippen molar-refractivity contribution in [1.82, 2.24) is 4.57 Å². The average molecular weight is 1020 g/mol. The van der Waals surface area contributed by atoms with Crippen LogP contribution in [-0.4, -0.2) is 4.57 Å². The smallest absolute Gasteiger partial charge is 0.0754 e. The van der Waals surface area contributed by atoms with E-state index in [1.54, 1.807) is 0 Å². The first-order chi connectivity index (χ1) is 39.7. The zero-order valence-electron chi connectivity index (χ0n) is 43.8. The molecule has 0 bridgehead atoms. The van der Waals surface area contributed by atoms with Gasteiger partial charge >= 0.3 is 0 Å². The van der Waals surface area contributed by atoms with Crippen molar-refractivity contribution >= 4 is 49.6 Å². The quantitative estimate of drug-likeness (QED) is 0.154. The summed E-state index contributed by atoms with van der Waals surface area (Å²) in [4.78, 5) is 2.49. The van der Waals surface area contributed by atoms with Crippen LogP contribution >= 0.6 is 0 Å². The van der Waals surface area contributed by atoms with Gasteiger partial charge in [0.05, 0.1) is 33.2 Å². The third-order valence-electron chi connectivity index (χ3n) is 18.0. The molecule has 2 aliphatic carbocycles. The number of aromatic nitrogens is 1. The van der Waals surface area contributed by atoms with Crippen LogP contribution in [0.15, 0.2) is 303 Å². The molecule has 1 spiro atoms. The lowest BCUT2D eigenvalue weighted by atomic mass is 9.65. The molecule has 1 aliphatic heterocycles. The van der Waals surface area contributed by atoms with Crippen molar-refractivity contribution in [3.05, 3.63) is 348 Å². The molecule has 1 atom stereocenters. The van der Waals surface area contributed by atoms with Crippen LogP contribution < -0.4 is 4.90 Å². The largest absolute Gasteiger partial charge is 0.310 e. The number of rotatable bonds is 7. The second-order valence-electron chi connectivity index (χ2n) is 21.8. The van der Waals surface area contributed by atoms with Crippen molar-refractivity contribution in [3.63, 3.8) is 0 Å². The van der Waals surface area contributed by atoms with Crippen LogP contribution in [0.2, 0.25) is 0 Å². The van der Waals surface area contributed by atoms with Gasteiger partial charge in [0.1, 0.15) is 0 Å². The van der Waals surface area contributed by atoms with Crippen molar-refractivity contribution in [2.45, 2.75) is 10.8 Å². The molecule has 0 N–H and O–H groups in total. The van der Waals surface area contributed by atoms with Gasteiger partial charge in [-0.3, -0.25) is 0 Å². The normalized spacial score (nSPS) is 14.9. The van der Waals surface area contributed by atoms with Gasteiger partial charge in [-0.1, -0.05) is 249 Å². The Morgan fingerprint density at radius 3 is 1.60 bits per heavy atom. The Balaban J connectivity index is 0.836. The van der Waals surface area contributed by atoms with Crippen LogP contribution in [0.25, 0.3) is 82.8 Å². The maximum Gasteiger partial charge on any atom is 0.0754 e. The molecule has 2 heterocycles. The second-order valence-corrected chi connectivity index (χ2v) is 21.8. The van der Waals surface area contributed by atoms with Crippen molar-refractivity contribution in [2.75, 3.05) is 4.90 Å². The molecule has 0 amide bonds. The lowest BCUT2D eigenvalue weighted by molar-refractivity contribution is 0.749. The van der Waals surface area contributed by atoms with Crippen LogP contribution in [0, 0.1) is 0 Å². The molecule has 14 aromatic rings. The van der Waals surface area contributed by atoms with Gasteiger partial charge in [0.25, 0.3) is 0 Å². The maximum atomic E-state index is 2.52. The summed E-state index contributed by atoms with van der Waals surface area (Å²) in [7, 11) is 0. The lowest BCUT2D eigenvalue weighted by Crippen LogP contribution is -2.33. The highest BCUT2D eigenvalue weighted by molar-refractivity contribution is 6.13. The summed E-state index contributed by atoms with van der Waals surface area (Å²) >= 11 is 0. The standard InChI is InChI=1S/C78H50N2/c1-4-20-51(21-5-1)52-40-44-59(45-41-52)79(74-37-19-33-69-75(74)65-28-11-14-31-67(65)77(69,57-22-6-2-7-23-57)58-24-8-3-9-25-58)60-46-42-54-48-53(38-39-55(54)49-60)56-43-47-62-61-26-10-13-30-66(61)78(71(62)50-56)68-32-15-17-36-73(68)80-72-35-16-12-27-63(72)64-29-18-34-70(78)76(64)80/h1-50H. The SMILES string of the molecule is c1ccc(-c2ccc(N(c3ccc4cc(-c5ccc6c(c5)C5(c7ccccc7-6)c6ccccc6-n6c7ccccc7c7cccc5c76)ccc4c3)c3cccc4c3-c3ccccc3C4(c3ccccc3)c3ccccc3)cc2)cc1. The van der Waals surface area contributed by atoms with Gasteiger partial charge in [-0.15, -0.1) is 0 Å². The van der Waals surface area contributed by atoms with Gasteiger partial charge in [0.15, 0.2) is 0 Å². The fourth-order valence-electron chi connectivity index (χ4n) is 14.8. The number of para-hydroxylation sites is 3. The van der Waals surface area contributed by atoms with Gasteiger partial charge in [0.2, 0.25) is 0 Å². The topological polar surface area (TPSA) is 8.17 Å². The number of benzene rings is 13. The molecule has 80 heavy (non-hydrogen) atoms. The van der Waals surface area contributed by atoms with E-state index in [1.165, 1.54) is 127 Å². The summed E-state index contributed by atoms with van der Waals surface area (Å²) in [5.41, 5.74) is 26.3. The van der Waals surface area contributed by atoms with Crippen LogP contribution in [0.1, 0.15) is 44.5 Å². The highest BCUT2D eigenvalue weighted by Crippen LogP contribution is 2.63.